The van der Waals surface area contributed by atoms with Crippen molar-refractivity contribution in [1.29, 1.82) is 0 Å². The van der Waals surface area contributed by atoms with Gasteiger partial charge in [0.15, 0.2) is 0 Å². The van der Waals surface area contributed by atoms with E-state index in [2.05, 4.69) is 15.9 Å². The molecular weight excluding hydrogens is 278 g/mol. The molecule has 0 bridgehead atoms. The molecule has 1 aromatic carbocycles. The highest BCUT2D eigenvalue weighted by Crippen LogP contribution is 2.25. The van der Waals surface area contributed by atoms with E-state index in [4.69, 9.17) is 5.73 Å². The van der Waals surface area contributed by atoms with Gasteiger partial charge in [-0.15, -0.1) is 0 Å². The summed E-state index contributed by atoms with van der Waals surface area (Å²) in [6.45, 7) is 0. The van der Waals surface area contributed by atoms with Crippen LogP contribution in [0.4, 0.5) is 0 Å². The normalized spacial score (nSPS) is 24.6. The molecule has 3 heteroatoms. The molecule has 17 heavy (non-hydrogen) atoms. The van der Waals surface area contributed by atoms with E-state index < -0.39 is 0 Å². The Kier molecular flexibility index (Phi) is 4.35. The molecule has 1 saturated carbocycles. The minimum atomic E-state index is 0.0720. The number of Topliss-reactive ketones (excluding diaryl/α,β-unsaturated/α-hetero) is 1. The Balaban J connectivity index is 2.01. The first-order chi connectivity index (χ1) is 8.16. The number of nitrogens with two attached hydrogens (primary N) is 1. The number of carbonyl (C=O) groups excluding carboxylic acids is 1. The molecule has 0 aliphatic heterocycles. The second-order valence-electron chi connectivity index (χ2n) is 4.83. The summed E-state index contributed by atoms with van der Waals surface area (Å²) < 4.78 is 1.02. The van der Waals surface area contributed by atoms with Gasteiger partial charge in [-0.3, -0.25) is 4.79 Å². The third-order valence-electron chi connectivity index (χ3n) is 3.50. The summed E-state index contributed by atoms with van der Waals surface area (Å²) in [5.41, 5.74) is 7.10. The highest BCUT2D eigenvalue weighted by Gasteiger charge is 2.27. The maximum Gasteiger partial charge on any atom is 0.141 e. The molecule has 1 aliphatic carbocycles. The van der Waals surface area contributed by atoms with Crippen molar-refractivity contribution in [3.05, 3.63) is 34.3 Å². The Labute approximate surface area is 111 Å². The van der Waals surface area contributed by atoms with Crippen LogP contribution in [0, 0.1) is 5.92 Å². The van der Waals surface area contributed by atoms with Gasteiger partial charge >= 0.3 is 0 Å². The smallest absolute Gasteiger partial charge is 0.141 e. The zero-order chi connectivity index (χ0) is 12.3. The Morgan fingerprint density at radius 1 is 1.35 bits per heavy atom. The van der Waals surface area contributed by atoms with Gasteiger partial charge in [-0.25, -0.2) is 0 Å². The average molecular weight is 296 g/mol. The SMILES string of the molecule is NC1CCCCC1C(=O)Cc1cccc(Br)c1. The summed E-state index contributed by atoms with van der Waals surface area (Å²) in [6.07, 6.45) is 4.78. The highest BCUT2D eigenvalue weighted by atomic mass is 79.9. The predicted molar refractivity (Wildman–Crippen MR) is 72.8 cm³/mol. The Hall–Kier alpha value is -0.670. The summed E-state index contributed by atoms with van der Waals surface area (Å²) >= 11 is 3.42. The Morgan fingerprint density at radius 3 is 2.82 bits per heavy atom. The van der Waals surface area contributed by atoms with Gasteiger partial charge in [-0.1, -0.05) is 40.9 Å². The first-order valence-corrected chi connectivity index (χ1v) is 6.99. The van der Waals surface area contributed by atoms with Gasteiger partial charge in [0.2, 0.25) is 0 Å². The standard InChI is InChI=1S/C14H18BrNO/c15-11-5-3-4-10(8-11)9-14(17)12-6-1-2-7-13(12)16/h3-5,8,12-13H,1-2,6-7,9,16H2. The summed E-state index contributed by atoms with van der Waals surface area (Å²) in [4.78, 5) is 12.2. The Morgan fingerprint density at radius 2 is 2.12 bits per heavy atom. The van der Waals surface area contributed by atoms with Crippen molar-refractivity contribution in [3.8, 4) is 0 Å². The van der Waals surface area contributed by atoms with Gasteiger partial charge in [0, 0.05) is 22.9 Å². The number of carbonyl (C=O) groups is 1. The number of hydrogen-bond acceptors (Lipinski definition) is 2. The van der Waals surface area contributed by atoms with Crippen molar-refractivity contribution < 1.29 is 4.79 Å². The van der Waals surface area contributed by atoms with E-state index in [1.165, 1.54) is 6.42 Å². The van der Waals surface area contributed by atoms with Crippen LogP contribution in [0.15, 0.2) is 28.7 Å². The van der Waals surface area contributed by atoms with E-state index >= 15 is 0 Å². The summed E-state index contributed by atoms with van der Waals surface area (Å²) in [7, 11) is 0. The number of halogens is 1. The lowest BCUT2D eigenvalue weighted by Gasteiger charge is -2.27. The zero-order valence-electron chi connectivity index (χ0n) is 9.86. The molecular formula is C14H18BrNO. The monoisotopic (exact) mass is 295 g/mol. The van der Waals surface area contributed by atoms with Gasteiger partial charge in [0.1, 0.15) is 5.78 Å². The molecule has 1 fully saturated rings. The molecule has 1 aromatic rings. The minimum absolute atomic E-state index is 0.0720. The minimum Gasteiger partial charge on any atom is -0.327 e. The van der Waals surface area contributed by atoms with E-state index in [0.717, 1.165) is 29.3 Å². The molecule has 1 aliphatic rings. The first-order valence-electron chi connectivity index (χ1n) is 6.19. The topological polar surface area (TPSA) is 43.1 Å². The van der Waals surface area contributed by atoms with E-state index in [-0.39, 0.29) is 12.0 Å². The largest absolute Gasteiger partial charge is 0.327 e. The lowest BCUT2D eigenvalue weighted by atomic mass is 9.81. The molecule has 2 nitrogen and oxygen atoms in total. The zero-order valence-corrected chi connectivity index (χ0v) is 11.4. The molecule has 0 radical (unpaired) electrons. The molecule has 2 rings (SSSR count). The predicted octanol–water partition coefficient (Wildman–Crippen LogP) is 3.08. The van der Waals surface area contributed by atoms with Crippen LogP contribution < -0.4 is 5.73 Å². The lowest BCUT2D eigenvalue weighted by molar-refractivity contribution is -0.123. The third-order valence-corrected chi connectivity index (χ3v) is 3.99. The van der Waals surface area contributed by atoms with E-state index in [0.29, 0.717) is 12.2 Å². The van der Waals surface area contributed by atoms with Crippen molar-refractivity contribution in [2.24, 2.45) is 11.7 Å². The fourth-order valence-corrected chi connectivity index (χ4v) is 2.99. The molecule has 2 N–H and O–H groups in total. The van der Waals surface area contributed by atoms with Crippen molar-refractivity contribution in [3.63, 3.8) is 0 Å². The van der Waals surface area contributed by atoms with Crippen molar-refractivity contribution in [2.75, 3.05) is 0 Å². The van der Waals surface area contributed by atoms with Crippen molar-refractivity contribution in [2.45, 2.75) is 38.1 Å². The van der Waals surface area contributed by atoms with Crippen LogP contribution in [0.1, 0.15) is 31.2 Å². The fraction of sp³-hybridized carbons (Fsp3) is 0.500. The van der Waals surface area contributed by atoms with Crippen LogP contribution in [-0.4, -0.2) is 11.8 Å². The van der Waals surface area contributed by atoms with Gasteiger partial charge < -0.3 is 5.73 Å². The molecule has 0 amide bonds. The van der Waals surface area contributed by atoms with Gasteiger partial charge in [-0.05, 0) is 30.5 Å². The van der Waals surface area contributed by atoms with Crippen LogP contribution in [0.2, 0.25) is 0 Å². The van der Waals surface area contributed by atoms with E-state index in [1.807, 2.05) is 24.3 Å². The average Bonchev–Trinajstić information content (AvgIpc) is 2.29. The van der Waals surface area contributed by atoms with Crippen LogP contribution in [0.5, 0.6) is 0 Å². The maximum absolute atomic E-state index is 12.2. The summed E-state index contributed by atoms with van der Waals surface area (Å²) in [5, 5.41) is 0. The molecule has 0 aromatic heterocycles. The second-order valence-corrected chi connectivity index (χ2v) is 5.74. The fourth-order valence-electron chi connectivity index (χ4n) is 2.54. The number of hydrogen-bond donors (Lipinski definition) is 1. The van der Waals surface area contributed by atoms with Gasteiger partial charge in [0.05, 0.1) is 0 Å². The number of benzene rings is 1. The lowest BCUT2D eigenvalue weighted by Crippen LogP contribution is -2.38. The highest BCUT2D eigenvalue weighted by molar-refractivity contribution is 9.10. The molecule has 2 atom stereocenters. The van der Waals surface area contributed by atoms with Crippen LogP contribution in [0.3, 0.4) is 0 Å². The van der Waals surface area contributed by atoms with Crippen LogP contribution in [-0.2, 0) is 11.2 Å². The number of rotatable bonds is 3. The number of ketones is 1. The molecule has 0 spiro atoms. The van der Waals surface area contributed by atoms with Gasteiger partial charge in [-0.2, -0.15) is 0 Å². The maximum atomic E-state index is 12.2. The summed E-state index contributed by atoms with van der Waals surface area (Å²) in [6, 6.07) is 8.01. The molecule has 2 unspecified atom stereocenters. The quantitative estimate of drug-likeness (QED) is 0.931. The first kappa shape index (κ1) is 12.8. The van der Waals surface area contributed by atoms with Crippen molar-refractivity contribution in [1.82, 2.24) is 0 Å². The molecule has 92 valence electrons. The van der Waals surface area contributed by atoms with E-state index in [1.54, 1.807) is 0 Å². The van der Waals surface area contributed by atoms with Gasteiger partial charge in [0.25, 0.3) is 0 Å². The Bertz CT molecular complexity index is 405. The second kappa shape index (κ2) is 5.78. The van der Waals surface area contributed by atoms with Crippen LogP contribution in [0.25, 0.3) is 0 Å². The molecule has 0 saturated heterocycles. The van der Waals surface area contributed by atoms with Crippen molar-refractivity contribution >= 4 is 21.7 Å². The molecule has 0 heterocycles. The van der Waals surface area contributed by atoms with Crippen LogP contribution >= 0.6 is 15.9 Å². The third kappa shape index (κ3) is 3.39. The van der Waals surface area contributed by atoms with E-state index in [9.17, 15) is 4.79 Å². The summed E-state index contributed by atoms with van der Waals surface area (Å²) in [5.74, 6) is 0.373.